The van der Waals surface area contributed by atoms with Gasteiger partial charge in [-0.2, -0.15) is 0 Å². The molecule has 0 aliphatic heterocycles. The fraction of sp³-hybridized carbons (Fsp3) is 0.545. The Morgan fingerprint density at radius 2 is 2.00 bits per heavy atom. The van der Waals surface area contributed by atoms with Crippen molar-refractivity contribution in [2.75, 3.05) is 0 Å². The van der Waals surface area contributed by atoms with Gasteiger partial charge in [-0.25, -0.2) is 0 Å². The van der Waals surface area contributed by atoms with Gasteiger partial charge in [0.25, 0.3) is 0 Å². The number of hydrogen-bond acceptors (Lipinski definition) is 2. The van der Waals surface area contributed by atoms with E-state index in [4.69, 9.17) is 5.73 Å². The van der Waals surface area contributed by atoms with E-state index in [1.807, 2.05) is 26.1 Å². The predicted octanol–water partition coefficient (Wildman–Crippen LogP) is 2.22. The van der Waals surface area contributed by atoms with Gasteiger partial charge in [0.15, 0.2) is 0 Å². The van der Waals surface area contributed by atoms with Crippen LogP contribution in [-0.4, -0.2) is 4.98 Å². The van der Waals surface area contributed by atoms with E-state index < -0.39 is 0 Å². The zero-order valence-electron chi connectivity index (χ0n) is 8.83. The SMILES string of the molecule is Cc1ccc(C(C)(N)C(C)C)cn1. The number of nitrogens with zero attached hydrogens (tertiary/aromatic N) is 1. The van der Waals surface area contributed by atoms with Gasteiger partial charge < -0.3 is 5.73 Å². The lowest BCUT2D eigenvalue weighted by atomic mass is 9.83. The van der Waals surface area contributed by atoms with Gasteiger partial charge in [0.05, 0.1) is 0 Å². The maximum atomic E-state index is 6.19. The number of hydrogen-bond donors (Lipinski definition) is 1. The van der Waals surface area contributed by atoms with Crippen LogP contribution in [-0.2, 0) is 5.54 Å². The van der Waals surface area contributed by atoms with Gasteiger partial charge >= 0.3 is 0 Å². The first-order chi connectivity index (χ1) is 5.94. The van der Waals surface area contributed by atoms with Gasteiger partial charge in [-0.3, -0.25) is 4.98 Å². The zero-order chi connectivity index (χ0) is 10.1. The van der Waals surface area contributed by atoms with Crippen molar-refractivity contribution in [1.29, 1.82) is 0 Å². The van der Waals surface area contributed by atoms with Crippen molar-refractivity contribution in [1.82, 2.24) is 4.98 Å². The highest BCUT2D eigenvalue weighted by Crippen LogP contribution is 2.25. The first-order valence-corrected chi connectivity index (χ1v) is 4.66. The Hall–Kier alpha value is -0.890. The summed E-state index contributed by atoms with van der Waals surface area (Å²) in [7, 11) is 0. The van der Waals surface area contributed by atoms with E-state index >= 15 is 0 Å². The number of aryl methyl sites for hydroxylation is 1. The molecule has 0 fully saturated rings. The molecule has 1 aromatic heterocycles. The van der Waals surface area contributed by atoms with Crippen LogP contribution < -0.4 is 5.73 Å². The average Bonchev–Trinajstić information content (AvgIpc) is 2.04. The van der Waals surface area contributed by atoms with Crippen molar-refractivity contribution in [3.8, 4) is 0 Å². The van der Waals surface area contributed by atoms with Crippen molar-refractivity contribution >= 4 is 0 Å². The maximum absolute atomic E-state index is 6.19. The second-order valence-electron chi connectivity index (χ2n) is 4.13. The van der Waals surface area contributed by atoms with Crippen LogP contribution in [0.15, 0.2) is 18.3 Å². The molecule has 2 heteroatoms. The van der Waals surface area contributed by atoms with Crippen molar-refractivity contribution in [3.63, 3.8) is 0 Å². The molecular weight excluding hydrogens is 160 g/mol. The largest absolute Gasteiger partial charge is 0.321 e. The lowest BCUT2D eigenvalue weighted by Crippen LogP contribution is -2.38. The molecule has 1 heterocycles. The minimum Gasteiger partial charge on any atom is -0.321 e. The van der Waals surface area contributed by atoms with Crippen LogP contribution in [0.25, 0.3) is 0 Å². The van der Waals surface area contributed by atoms with Crippen LogP contribution >= 0.6 is 0 Å². The molecule has 1 unspecified atom stereocenters. The van der Waals surface area contributed by atoms with E-state index in [0.29, 0.717) is 5.92 Å². The third-order valence-electron chi connectivity index (χ3n) is 2.73. The van der Waals surface area contributed by atoms with Crippen molar-refractivity contribution < 1.29 is 0 Å². The van der Waals surface area contributed by atoms with E-state index in [-0.39, 0.29) is 5.54 Å². The van der Waals surface area contributed by atoms with Crippen molar-refractivity contribution in [3.05, 3.63) is 29.6 Å². The number of nitrogens with two attached hydrogens (primary N) is 1. The summed E-state index contributed by atoms with van der Waals surface area (Å²) in [5.41, 5.74) is 8.05. The Balaban J connectivity index is 3.01. The van der Waals surface area contributed by atoms with E-state index in [2.05, 4.69) is 24.9 Å². The molecule has 1 rings (SSSR count). The summed E-state index contributed by atoms with van der Waals surface area (Å²) in [6.07, 6.45) is 1.87. The van der Waals surface area contributed by atoms with Crippen LogP contribution in [0.3, 0.4) is 0 Å². The molecule has 0 aromatic carbocycles. The minimum absolute atomic E-state index is 0.277. The number of aromatic nitrogens is 1. The summed E-state index contributed by atoms with van der Waals surface area (Å²) in [5, 5.41) is 0. The zero-order valence-corrected chi connectivity index (χ0v) is 8.83. The predicted molar refractivity (Wildman–Crippen MR) is 55.4 cm³/mol. The quantitative estimate of drug-likeness (QED) is 0.754. The Kier molecular flexibility index (Phi) is 2.71. The molecule has 0 aliphatic carbocycles. The topological polar surface area (TPSA) is 38.9 Å². The monoisotopic (exact) mass is 178 g/mol. The second-order valence-corrected chi connectivity index (χ2v) is 4.13. The molecule has 2 N–H and O–H groups in total. The molecule has 0 saturated heterocycles. The number of pyridine rings is 1. The van der Waals surface area contributed by atoms with Gasteiger partial charge in [0, 0.05) is 17.4 Å². The summed E-state index contributed by atoms with van der Waals surface area (Å²) in [5.74, 6) is 0.414. The Labute approximate surface area is 80.2 Å². The fourth-order valence-electron chi connectivity index (χ4n) is 1.12. The summed E-state index contributed by atoms with van der Waals surface area (Å²) in [6.45, 7) is 8.27. The summed E-state index contributed by atoms with van der Waals surface area (Å²) in [4.78, 5) is 4.25. The molecule has 0 spiro atoms. The molecule has 1 atom stereocenters. The molecule has 0 saturated carbocycles. The van der Waals surface area contributed by atoms with E-state index in [1.54, 1.807) is 0 Å². The van der Waals surface area contributed by atoms with Crippen LogP contribution in [0.5, 0.6) is 0 Å². The first-order valence-electron chi connectivity index (χ1n) is 4.66. The molecule has 72 valence electrons. The molecule has 1 aromatic rings. The maximum Gasteiger partial charge on any atom is 0.0419 e. The molecule has 0 radical (unpaired) electrons. The molecule has 2 nitrogen and oxygen atoms in total. The molecular formula is C11H18N2. The lowest BCUT2D eigenvalue weighted by molar-refractivity contribution is 0.349. The van der Waals surface area contributed by atoms with Crippen LogP contribution in [0.1, 0.15) is 32.0 Å². The van der Waals surface area contributed by atoms with Gasteiger partial charge in [0.1, 0.15) is 0 Å². The summed E-state index contributed by atoms with van der Waals surface area (Å²) >= 11 is 0. The van der Waals surface area contributed by atoms with Crippen LogP contribution in [0, 0.1) is 12.8 Å². The highest BCUT2D eigenvalue weighted by Gasteiger charge is 2.25. The molecule has 0 aliphatic rings. The van der Waals surface area contributed by atoms with Gasteiger partial charge in [-0.15, -0.1) is 0 Å². The summed E-state index contributed by atoms with van der Waals surface area (Å²) < 4.78 is 0. The van der Waals surface area contributed by atoms with Crippen LogP contribution in [0.2, 0.25) is 0 Å². The average molecular weight is 178 g/mol. The van der Waals surface area contributed by atoms with Gasteiger partial charge in [-0.1, -0.05) is 19.9 Å². The standard InChI is InChI=1S/C11H18N2/c1-8(2)11(4,12)10-6-5-9(3)13-7-10/h5-8H,12H2,1-4H3. The molecule has 13 heavy (non-hydrogen) atoms. The fourth-order valence-corrected chi connectivity index (χ4v) is 1.12. The second kappa shape index (κ2) is 3.46. The van der Waals surface area contributed by atoms with Crippen molar-refractivity contribution in [2.24, 2.45) is 11.7 Å². The van der Waals surface area contributed by atoms with E-state index in [9.17, 15) is 0 Å². The van der Waals surface area contributed by atoms with Crippen LogP contribution in [0.4, 0.5) is 0 Å². The van der Waals surface area contributed by atoms with Crippen molar-refractivity contribution in [2.45, 2.75) is 33.2 Å². The molecule has 0 amide bonds. The molecule has 0 bridgehead atoms. The first kappa shape index (κ1) is 10.2. The highest BCUT2D eigenvalue weighted by atomic mass is 14.8. The minimum atomic E-state index is -0.277. The lowest BCUT2D eigenvalue weighted by Gasteiger charge is -2.29. The smallest absolute Gasteiger partial charge is 0.0419 e. The summed E-state index contributed by atoms with van der Waals surface area (Å²) in [6, 6.07) is 4.06. The number of rotatable bonds is 2. The Bertz CT molecular complexity index is 273. The third kappa shape index (κ3) is 2.07. The van der Waals surface area contributed by atoms with E-state index in [0.717, 1.165) is 11.3 Å². The normalized spacial score (nSPS) is 15.8. The Morgan fingerprint density at radius 3 is 2.38 bits per heavy atom. The third-order valence-corrected chi connectivity index (χ3v) is 2.73. The highest BCUT2D eigenvalue weighted by molar-refractivity contribution is 5.21. The van der Waals surface area contributed by atoms with Gasteiger partial charge in [0.2, 0.25) is 0 Å². The Morgan fingerprint density at radius 1 is 1.38 bits per heavy atom. The van der Waals surface area contributed by atoms with E-state index in [1.165, 1.54) is 0 Å². The van der Waals surface area contributed by atoms with Gasteiger partial charge in [-0.05, 0) is 31.4 Å².